The lowest BCUT2D eigenvalue weighted by atomic mass is 9.95. The van der Waals surface area contributed by atoms with E-state index in [1.165, 1.54) is 16.9 Å². The van der Waals surface area contributed by atoms with Gasteiger partial charge in [-0.05, 0) is 28.4 Å². The summed E-state index contributed by atoms with van der Waals surface area (Å²) in [7, 11) is 0. The molecule has 1 saturated heterocycles. The molecule has 8 heteroatoms. The van der Waals surface area contributed by atoms with E-state index in [1.54, 1.807) is 0 Å². The second kappa shape index (κ2) is 7.79. The number of benzene rings is 1. The maximum absolute atomic E-state index is 10.2. The van der Waals surface area contributed by atoms with Crippen molar-refractivity contribution >= 4 is 27.3 Å². The highest BCUT2D eigenvalue weighted by atomic mass is 79.9. The second-order valence-corrected chi connectivity index (χ2v) is 8.04. The van der Waals surface area contributed by atoms with Gasteiger partial charge in [0.25, 0.3) is 0 Å². The first-order valence-corrected chi connectivity index (χ1v) is 9.52. The van der Waals surface area contributed by atoms with E-state index in [-0.39, 0.29) is 0 Å². The minimum Gasteiger partial charge on any atom is -0.394 e. The Morgan fingerprint density at radius 1 is 1.12 bits per heavy atom. The second-order valence-electron chi connectivity index (χ2n) is 6.18. The maximum Gasteiger partial charge on any atom is 0.138 e. The van der Waals surface area contributed by atoms with E-state index in [9.17, 15) is 20.4 Å². The van der Waals surface area contributed by atoms with Crippen molar-refractivity contribution in [2.45, 2.75) is 43.9 Å². The molecular formula is C17H20BrNO5S. The van der Waals surface area contributed by atoms with Crippen LogP contribution in [0.15, 0.2) is 28.9 Å². The number of halogens is 1. The molecule has 25 heavy (non-hydrogen) atoms. The number of aliphatic hydroxyl groups excluding tert-OH is 4. The fourth-order valence-electron chi connectivity index (χ4n) is 2.78. The first kappa shape index (κ1) is 18.9. The normalized spacial score (nSPS) is 29.8. The summed E-state index contributed by atoms with van der Waals surface area (Å²) < 4.78 is 6.23. The van der Waals surface area contributed by atoms with Crippen LogP contribution in [0.25, 0.3) is 0 Å². The molecule has 4 N–H and O–H groups in total. The van der Waals surface area contributed by atoms with Crippen LogP contribution in [-0.4, -0.2) is 56.4 Å². The van der Waals surface area contributed by atoms with Crippen LogP contribution >= 0.6 is 27.3 Å². The van der Waals surface area contributed by atoms with Crippen molar-refractivity contribution < 1.29 is 25.2 Å². The van der Waals surface area contributed by atoms with Crippen LogP contribution in [0.5, 0.6) is 0 Å². The highest BCUT2D eigenvalue weighted by Gasteiger charge is 2.45. The predicted molar refractivity (Wildman–Crippen MR) is 96.5 cm³/mol. The fraction of sp³-hybridized carbons (Fsp3) is 0.471. The van der Waals surface area contributed by atoms with Gasteiger partial charge in [0, 0.05) is 11.3 Å². The molecule has 136 valence electrons. The molecule has 0 saturated carbocycles. The zero-order valence-corrected chi connectivity index (χ0v) is 15.9. The van der Waals surface area contributed by atoms with Gasteiger partial charge < -0.3 is 25.2 Å². The Kier molecular flexibility index (Phi) is 5.89. The lowest BCUT2D eigenvalue weighted by Gasteiger charge is -2.39. The van der Waals surface area contributed by atoms with Gasteiger partial charge in [0.15, 0.2) is 0 Å². The number of nitrogens with zero attached hydrogens (tertiary/aromatic N) is 1. The van der Waals surface area contributed by atoms with Crippen LogP contribution < -0.4 is 0 Å². The van der Waals surface area contributed by atoms with Gasteiger partial charge >= 0.3 is 0 Å². The van der Waals surface area contributed by atoms with E-state index < -0.39 is 37.1 Å². The van der Waals surface area contributed by atoms with Crippen molar-refractivity contribution in [2.24, 2.45) is 0 Å². The smallest absolute Gasteiger partial charge is 0.138 e. The molecule has 1 aliphatic rings. The Labute approximate surface area is 157 Å². The molecule has 0 aliphatic carbocycles. The van der Waals surface area contributed by atoms with E-state index in [2.05, 4.69) is 33.0 Å². The van der Waals surface area contributed by atoms with Gasteiger partial charge in [-0.3, -0.25) is 0 Å². The average Bonchev–Trinajstić information content (AvgIpc) is 2.95. The molecule has 1 aromatic heterocycles. The highest BCUT2D eigenvalue weighted by molar-refractivity contribution is 9.10. The van der Waals surface area contributed by atoms with Crippen molar-refractivity contribution in [3.8, 4) is 0 Å². The van der Waals surface area contributed by atoms with Crippen LogP contribution in [0.1, 0.15) is 27.1 Å². The van der Waals surface area contributed by atoms with Crippen LogP contribution in [0, 0.1) is 6.92 Å². The van der Waals surface area contributed by atoms with Gasteiger partial charge in [0.1, 0.15) is 40.1 Å². The third-order valence-corrected chi connectivity index (χ3v) is 6.32. The Hall–Kier alpha value is -0.870. The SMILES string of the molecule is Cc1ccc(Cc2sc([C@@H]3O[C@H](CO)[C@@H](O)[C@H](O)[C@H]3O)nc2Br)cc1. The number of ether oxygens (including phenoxy) is 1. The molecule has 0 radical (unpaired) electrons. The molecule has 0 unspecified atom stereocenters. The Bertz CT molecular complexity index is 720. The molecule has 1 aromatic carbocycles. The molecule has 1 fully saturated rings. The van der Waals surface area contributed by atoms with Gasteiger partial charge in [0.2, 0.25) is 0 Å². The van der Waals surface area contributed by atoms with E-state index in [4.69, 9.17) is 4.74 Å². The molecule has 1 aliphatic heterocycles. The third kappa shape index (κ3) is 3.95. The molecule has 3 rings (SSSR count). The van der Waals surface area contributed by atoms with Crippen molar-refractivity contribution in [3.05, 3.63) is 49.9 Å². The van der Waals surface area contributed by atoms with Gasteiger partial charge in [0.05, 0.1) is 6.61 Å². The topological polar surface area (TPSA) is 103 Å². The number of rotatable bonds is 4. The summed E-state index contributed by atoms with van der Waals surface area (Å²) in [4.78, 5) is 5.37. The number of thiazole rings is 1. The van der Waals surface area contributed by atoms with Crippen LogP contribution in [-0.2, 0) is 11.2 Å². The highest BCUT2D eigenvalue weighted by Crippen LogP contribution is 2.37. The van der Waals surface area contributed by atoms with E-state index >= 15 is 0 Å². The minimum atomic E-state index is -1.40. The molecule has 0 spiro atoms. The summed E-state index contributed by atoms with van der Waals surface area (Å²) in [6, 6.07) is 8.19. The molecule has 0 amide bonds. The summed E-state index contributed by atoms with van der Waals surface area (Å²) in [6.45, 7) is 1.58. The fourth-order valence-corrected chi connectivity index (χ4v) is 4.54. The number of hydrogen-bond donors (Lipinski definition) is 4. The predicted octanol–water partition coefficient (Wildman–Crippen LogP) is 1.32. The average molecular weight is 430 g/mol. The zero-order valence-electron chi connectivity index (χ0n) is 13.5. The molecule has 2 aromatic rings. The van der Waals surface area contributed by atoms with Crippen molar-refractivity contribution in [3.63, 3.8) is 0 Å². The number of hydrogen-bond acceptors (Lipinski definition) is 7. The third-order valence-electron chi connectivity index (χ3n) is 4.29. The molecule has 0 bridgehead atoms. The first-order valence-electron chi connectivity index (χ1n) is 7.92. The lowest BCUT2D eigenvalue weighted by Crippen LogP contribution is -2.55. The van der Waals surface area contributed by atoms with Crippen LogP contribution in [0.4, 0.5) is 0 Å². The minimum absolute atomic E-state index is 0.454. The van der Waals surface area contributed by atoms with Gasteiger partial charge in [-0.25, -0.2) is 4.98 Å². The number of aromatic nitrogens is 1. The van der Waals surface area contributed by atoms with Gasteiger partial charge in [-0.2, -0.15) is 0 Å². The molecular weight excluding hydrogens is 410 g/mol. The quantitative estimate of drug-likeness (QED) is 0.584. The number of aliphatic hydroxyl groups is 4. The van der Waals surface area contributed by atoms with Crippen molar-refractivity contribution in [1.29, 1.82) is 0 Å². The Morgan fingerprint density at radius 3 is 2.44 bits per heavy atom. The lowest BCUT2D eigenvalue weighted by molar-refractivity contribution is -0.231. The summed E-state index contributed by atoms with van der Waals surface area (Å²) in [6.07, 6.45) is -5.25. The van der Waals surface area contributed by atoms with Crippen molar-refractivity contribution in [1.82, 2.24) is 4.98 Å². The Balaban J connectivity index is 1.82. The van der Waals surface area contributed by atoms with Gasteiger partial charge in [-0.15, -0.1) is 11.3 Å². The molecule has 5 atom stereocenters. The molecule has 6 nitrogen and oxygen atoms in total. The summed E-state index contributed by atoms with van der Waals surface area (Å²) >= 11 is 4.80. The zero-order chi connectivity index (χ0) is 18.1. The van der Waals surface area contributed by atoms with E-state index in [1.807, 2.05) is 19.1 Å². The summed E-state index contributed by atoms with van der Waals surface area (Å²) in [5.41, 5.74) is 2.32. The van der Waals surface area contributed by atoms with E-state index in [0.29, 0.717) is 16.0 Å². The summed E-state index contributed by atoms with van der Waals surface area (Å²) in [5, 5.41) is 39.8. The standard InChI is InChI=1S/C17H20BrNO5S/c1-8-2-4-9(5-3-8)6-11-16(18)19-17(25-11)15-14(23)13(22)12(21)10(7-20)24-15/h2-5,10,12-15,20-23H,6-7H2,1H3/t10-,12-,13+,14-,15-/m1/s1. The molecule has 2 heterocycles. The van der Waals surface area contributed by atoms with Crippen LogP contribution in [0.2, 0.25) is 0 Å². The van der Waals surface area contributed by atoms with Gasteiger partial charge in [-0.1, -0.05) is 29.8 Å². The Morgan fingerprint density at radius 2 is 1.80 bits per heavy atom. The monoisotopic (exact) mass is 429 g/mol. The van der Waals surface area contributed by atoms with Crippen LogP contribution in [0.3, 0.4) is 0 Å². The summed E-state index contributed by atoms with van der Waals surface area (Å²) in [5.74, 6) is 0. The largest absolute Gasteiger partial charge is 0.394 e. The van der Waals surface area contributed by atoms with Crippen molar-refractivity contribution in [2.75, 3.05) is 6.61 Å². The first-order chi connectivity index (χ1) is 11.9. The number of aryl methyl sites for hydroxylation is 1. The maximum atomic E-state index is 10.2. The van der Waals surface area contributed by atoms with E-state index in [0.717, 1.165) is 10.4 Å².